The molecule has 0 aromatic heterocycles. The molecule has 1 unspecified atom stereocenters. The van der Waals surface area contributed by atoms with Gasteiger partial charge in [0.1, 0.15) is 5.75 Å². The number of nitrogens with two attached hydrogens (primary N) is 1. The number of nitrogens with zero attached hydrogens (tertiary/aromatic N) is 1. The molecule has 0 radical (unpaired) electrons. The topological polar surface area (TPSA) is 55.6 Å². The van der Waals surface area contributed by atoms with Gasteiger partial charge in [0.2, 0.25) is 5.91 Å². The largest absolute Gasteiger partial charge is 0.496 e. The number of methoxy groups -OCH3 is 1. The van der Waals surface area contributed by atoms with Crippen LogP contribution in [0.25, 0.3) is 0 Å². The van der Waals surface area contributed by atoms with E-state index in [1.54, 1.807) is 21.2 Å². The minimum Gasteiger partial charge on any atom is -0.496 e. The molecule has 106 valence electrons. The van der Waals surface area contributed by atoms with Crippen LogP contribution in [0.3, 0.4) is 0 Å². The Bertz CT molecular complexity index is 442. The molecule has 0 saturated heterocycles. The van der Waals surface area contributed by atoms with Gasteiger partial charge in [0.25, 0.3) is 0 Å². The Morgan fingerprint density at radius 1 is 1.37 bits per heavy atom. The van der Waals surface area contributed by atoms with E-state index in [2.05, 4.69) is 19.9 Å². The van der Waals surface area contributed by atoms with Crippen LogP contribution in [0, 0.1) is 0 Å². The molecule has 1 rings (SSSR count). The number of amides is 1. The summed E-state index contributed by atoms with van der Waals surface area (Å²) in [6.07, 6.45) is 0.485. The van der Waals surface area contributed by atoms with E-state index < -0.39 is 6.04 Å². The third-order valence-corrected chi connectivity index (χ3v) is 3.18. The zero-order valence-corrected chi connectivity index (χ0v) is 12.4. The first kappa shape index (κ1) is 15.5. The van der Waals surface area contributed by atoms with Crippen molar-refractivity contribution >= 4 is 5.91 Å². The summed E-state index contributed by atoms with van der Waals surface area (Å²) in [7, 11) is 5.06. The Hall–Kier alpha value is -1.55. The van der Waals surface area contributed by atoms with Crippen LogP contribution in [-0.2, 0) is 11.2 Å². The Morgan fingerprint density at radius 2 is 2.00 bits per heavy atom. The first-order valence-electron chi connectivity index (χ1n) is 6.50. The molecule has 4 heteroatoms. The summed E-state index contributed by atoms with van der Waals surface area (Å²) in [5, 5.41) is 0. The molecule has 4 nitrogen and oxygen atoms in total. The van der Waals surface area contributed by atoms with Crippen molar-refractivity contribution in [1.29, 1.82) is 0 Å². The van der Waals surface area contributed by atoms with Crippen LogP contribution in [0.2, 0.25) is 0 Å². The molecule has 0 fully saturated rings. The molecule has 1 atom stereocenters. The highest BCUT2D eigenvalue weighted by Gasteiger charge is 2.18. The fraction of sp³-hybridized carbons (Fsp3) is 0.533. The van der Waals surface area contributed by atoms with Crippen LogP contribution in [-0.4, -0.2) is 38.1 Å². The minimum absolute atomic E-state index is 0.0741. The van der Waals surface area contributed by atoms with Crippen molar-refractivity contribution in [3.8, 4) is 5.75 Å². The van der Waals surface area contributed by atoms with Crippen LogP contribution < -0.4 is 10.5 Å². The SMILES string of the molecule is COc1cc(C(C)C)ccc1CC(N)C(=O)N(C)C. The minimum atomic E-state index is -0.534. The summed E-state index contributed by atoms with van der Waals surface area (Å²) in [5.41, 5.74) is 8.11. The highest BCUT2D eigenvalue weighted by Crippen LogP contribution is 2.25. The van der Waals surface area contributed by atoms with Crippen molar-refractivity contribution in [3.63, 3.8) is 0 Å². The third-order valence-electron chi connectivity index (χ3n) is 3.18. The number of rotatable bonds is 5. The molecular formula is C15H24N2O2. The maximum Gasteiger partial charge on any atom is 0.239 e. The van der Waals surface area contributed by atoms with E-state index >= 15 is 0 Å². The monoisotopic (exact) mass is 264 g/mol. The van der Waals surface area contributed by atoms with Gasteiger partial charge in [-0.15, -0.1) is 0 Å². The second kappa shape index (κ2) is 6.57. The van der Waals surface area contributed by atoms with E-state index in [0.717, 1.165) is 11.3 Å². The molecular weight excluding hydrogens is 240 g/mol. The highest BCUT2D eigenvalue weighted by molar-refractivity contribution is 5.81. The smallest absolute Gasteiger partial charge is 0.239 e. The maximum absolute atomic E-state index is 11.8. The number of likely N-dealkylation sites (N-methyl/N-ethyl adjacent to an activating group) is 1. The fourth-order valence-corrected chi connectivity index (χ4v) is 1.94. The van der Waals surface area contributed by atoms with Crippen molar-refractivity contribution < 1.29 is 9.53 Å². The van der Waals surface area contributed by atoms with Crippen molar-refractivity contribution in [3.05, 3.63) is 29.3 Å². The molecule has 0 aliphatic heterocycles. The van der Waals surface area contributed by atoms with Gasteiger partial charge in [-0.3, -0.25) is 4.79 Å². The lowest BCUT2D eigenvalue weighted by molar-refractivity contribution is -0.130. The van der Waals surface area contributed by atoms with Gasteiger partial charge in [-0.2, -0.15) is 0 Å². The molecule has 1 aromatic rings. The summed E-state index contributed by atoms with van der Waals surface area (Å²) in [6, 6.07) is 5.55. The van der Waals surface area contributed by atoms with Crippen LogP contribution >= 0.6 is 0 Å². The van der Waals surface area contributed by atoms with Crippen LogP contribution in [0.4, 0.5) is 0 Å². The molecule has 19 heavy (non-hydrogen) atoms. The van der Waals surface area contributed by atoms with Crippen molar-refractivity contribution in [2.24, 2.45) is 5.73 Å². The molecule has 0 aliphatic rings. The normalized spacial score (nSPS) is 12.4. The predicted molar refractivity (Wildman–Crippen MR) is 77.5 cm³/mol. The summed E-state index contributed by atoms with van der Waals surface area (Å²) in [5.74, 6) is 1.17. The number of hydrogen-bond acceptors (Lipinski definition) is 3. The standard InChI is InChI=1S/C15H24N2O2/c1-10(2)11-6-7-12(14(9-11)19-5)8-13(16)15(18)17(3)4/h6-7,9-10,13H,8,16H2,1-5H3. The van der Waals surface area contributed by atoms with E-state index in [0.29, 0.717) is 12.3 Å². The van der Waals surface area contributed by atoms with Gasteiger partial charge in [-0.05, 0) is 23.1 Å². The molecule has 0 saturated carbocycles. The van der Waals surface area contributed by atoms with Gasteiger partial charge in [0.15, 0.2) is 0 Å². The number of hydrogen-bond donors (Lipinski definition) is 1. The van der Waals surface area contributed by atoms with Crippen LogP contribution in [0.15, 0.2) is 18.2 Å². The maximum atomic E-state index is 11.8. The summed E-state index contributed by atoms with van der Waals surface area (Å²) < 4.78 is 5.40. The van der Waals surface area contributed by atoms with E-state index in [9.17, 15) is 4.79 Å². The van der Waals surface area contributed by atoms with Crippen LogP contribution in [0.5, 0.6) is 5.75 Å². The van der Waals surface area contributed by atoms with Gasteiger partial charge in [0.05, 0.1) is 13.2 Å². The van der Waals surface area contributed by atoms with Crippen molar-refractivity contribution in [1.82, 2.24) is 4.90 Å². The Labute approximate surface area is 115 Å². The van der Waals surface area contributed by atoms with E-state index in [1.165, 1.54) is 10.5 Å². The molecule has 0 aliphatic carbocycles. The second-order valence-electron chi connectivity index (χ2n) is 5.27. The summed E-state index contributed by atoms with van der Waals surface area (Å²) in [6.45, 7) is 4.27. The first-order chi connectivity index (χ1) is 8.86. The van der Waals surface area contributed by atoms with Gasteiger partial charge >= 0.3 is 0 Å². The van der Waals surface area contributed by atoms with E-state index in [1.807, 2.05) is 12.1 Å². The van der Waals surface area contributed by atoms with Gasteiger partial charge in [-0.25, -0.2) is 0 Å². The Balaban J connectivity index is 2.92. The number of benzene rings is 1. The number of ether oxygens (including phenoxy) is 1. The lowest BCUT2D eigenvalue weighted by atomic mass is 9.98. The first-order valence-corrected chi connectivity index (χ1v) is 6.50. The van der Waals surface area contributed by atoms with Crippen molar-refractivity contribution in [2.75, 3.05) is 21.2 Å². The molecule has 0 bridgehead atoms. The summed E-state index contributed by atoms with van der Waals surface area (Å²) >= 11 is 0. The quantitative estimate of drug-likeness (QED) is 0.882. The Kier molecular flexibility index (Phi) is 5.36. The molecule has 1 amide bonds. The van der Waals surface area contributed by atoms with E-state index in [4.69, 9.17) is 10.5 Å². The zero-order chi connectivity index (χ0) is 14.6. The highest BCUT2D eigenvalue weighted by atomic mass is 16.5. The van der Waals surface area contributed by atoms with Gasteiger partial charge in [-0.1, -0.05) is 26.0 Å². The average Bonchev–Trinajstić information content (AvgIpc) is 2.37. The lowest BCUT2D eigenvalue weighted by Crippen LogP contribution is -2.41. The number of carbonyl (C=O) groups is 1. The number of carbonyl (C=O) groups excluding carboxylic acids is 1. The molecule has 0 spiro atoms. The molecule has 0 heterocycles. The fourth-order valence-electron chi connectivity index (χ4n) is 1.94. The second-order valence-corrected chi connectivity index (χ2v) is 5.27. The van der Waals surface area contributed by atoms with Gasteiger partial charge < -0.3 is 15.4 Å². The summed E-state index contributed by atoms with van der Waals surface area (Å²) in [4.78, 5) is 13.3. The van der Waals surface area contributed by atoms with E-state index in [-0.39, 0.29) is 5.91 Å². The van der Waals surface area contributed by atoms with Crippen molar-refractivity contribution in [2.45, 2.75) is 32.2 Å². The zero-order valence-electron chi connectivity index (χ0n) is 12.4. The predicted octanol–water partition coefficient (Wildman–Crippen LogP) is 1.78. The van der Waals surface area contributed by atoms with Crippen LogP contribution in [0.1, 0.15) is 30.9 Å². The molecule has 1 aromatic carbocycles. The molecule has 2 N–H and O–H groups in total. The average molecular weight is 264 g/mol. The Morgan fingerprint density at radius 3 is 2.47 bits per heavy atom. The van der Waals surface area contributed by atoms with Gasteiger partial charge in [0, 0.05) is 20.5 Å². The third kappa shape index (κ3) is 3.96. The lowest BCUT2D eigenvalue weighted by Gasteiger charge is -2.18.